The molecule has 0 aromatic heterocycles. The highest BCUT2D eigenvalue weighted by Gasteiger charge is 2.08. The fourth-order valence-electron chi connectivity index (χ4n) is 2.07. The zero-order chi connectivity index (χ0) is 18.3. The molecule has 25 heavy (non-hydrogen) atoms. The van der Waals surface area contributed by atoms with Gasteiger partial charge in [-0.15, -0.1) is 0 Å². The molecule has 0 saturated carbocycles. The predicted molar refractivity (Wildman–Crippen MR) is 100 cm³/mol. The average molecular weight is 379 g/mol. The first kappa shape index (κ1) is 19.2. The molecule has 2 aromatic rings. The number of sulfonamides is 1. The maximum absolute atomic E-state index is 11.9. The SMILES string of the molecule is CNS(=O)(=O)Cc1ccc(CNC(=O)/C=C/c2ccccc2Cl)cc1. The van der Waals surface area contributed by atoms with E-state index in [1.165, 1.54) is 13.1 Å². The summed E-state index contributed by atoms with van der Waals surface area (Å²) in [4.78, 5) is 11.9. The number of hydrogen-bond donors (Lipinski definition) is 2. The van der Waals surface area contributed by atoms with Crippen LogP contribution in [0.3, 0.4) is 0 Å². The summed E-state index contributed by atoms with van der Waals surface area (Å²) in [7, 11) is -1.90. The van der Waals surface area contributed by atoms with Crippen molar-refractivity contribution in [3.05, 3.63) is 76.3 Å². The second-order valence-corrected chi connectivity index (χ2v) is 7.69. The van der Waals surface area contributed by atoms with E-state index in [2.05, 4.69) is 10.0 Å². The van der Waals surface area contributed by atoms with E-state index < -0.39 is 10.0 Å². The molecule has 0 heterocycles. The smallest absolute Gasteiger partial charge is 0.244 e. The molecular formula is C18H19ClN2O3S. The second-order valence-electron chi connectivity index (χ2n) is 5.35. The third-order valence-corrected chi connectivity index (χ3v) is 5.16. The Hall–Kier alpha value is -2.15. The number of amides is 1. The molecule has 0 aliphatic rings. The van der Waals surface area contributed by atoms with Crippen molar-refractivity contribution >= 4 is 33.6 Å². The fraction of sp³-hybridized carbons (Fsp3) is 0.167. The summed E-state index contributed by atoms with van der Waals surface area (Å²) in [6.07, 6.45) is 3.08. The molecule has 2 aromatic carbocycles. The molecule has 0 unspecified atom stereocenters. The van der Waals surface area contributed by atoms with Gasteiger partial charge in [-0.05, 0) is 35.9 Å². The summed E-state index contributed by atoms with van der Waals surface area (Å²) in [5.41, 5.74) is 2.34. The molecule has 2 N–H and O–H groups in total. The van der Waals surface area contributed by atoms with Crippen molar-refractivity contribution in [3.63, 3.8) is 0 Å². The predicted octanol–water partition coefficient (Wildman–Crippen LogP) is 2.72. The van der Waals surface area contributed by atoms with Crippen molar-refractivity contribution in [1.29, 1.82) is 0 Å². The van der Waals surface area contributed by atoms with Crippen LogP contribution >= 0.6 is 11.6 Å². The van der Waals surface area contributed by atoms with Crippen LogP contribution in [0, 0.1) is 0 Å². The molecule has 0 radical (unpaired) electrons. The summed E-state index contributed by atoms with van der Waals surface area (Å²) in [5.74, 6) is -0.307. The Balaban J connectivity index is 1.88. The van der Waals surface area contributed by atoms with Crippen molar-refractivity contribution in [1.82, 2.24) is 10.0 Å². The summed E-state index contributed by atoms with van der Waals surface area (Å²) < 4.78 is 25.3. The van der Waals surface area contributed by atoms with Crippen molar-refractivity contribution in [2.75, 3.05) is 7.05 Å². The molecule has 1 amide bonds. The van der Waals surface area contributed by atoms with Crippen molar-refractivity contribution < 1.29 is 13.2 Å². The molecule has 7 heteroatoms. The van der Waals surface area contributed by atoms with E-state index in [-0.39, 0.29) is 11.7 Å². The maximum Gasteiger partial charge on any atom is 0.244 e. The van der Waals surface area contributed by atoms with Gasteiger partial charge in [-0.2, -0.15) is 0 Å². The van der Waals surface area contributed by atoms with Gasteiger partial charge < -0.3 is 5.32 Å². The number of benzene rings is 2. The Morgan fingerprint density at radius 2 is 1.72 bits per heavy atom. The average Bonchev–Trinajstić information content (AvgIpc) is 2.60. The molecular weight excluding hydrogens is 360 g/mol. The summed E-state index contributed by atoms with van der Waals surface area (Å²) in [5, 5.41) is 3.35. The lowest BCUT2D eigenvalue weighted by atomic mass is 10.1. The minimum absolute atomic E-state index is 0.0727. The molecule has 0 spiro atoms. The van der Waals surface area contributed by atoms with E-state index in [0.717, 1.165) is 11.1 Å². The van der Waals surface area contributed by atoms with Gasteiger partial charge in [0.2, 0.25) is 15.9 Å². The van der Waals surface area contributed by atoms with Crippen LogP contribution in [-0.2, 0) is 27.1 Å². The van der Waals surface area contributed by atoms with Gasteiger partial charge in [0.15, 0.2) is 0 Å². The zero-order valence-corrected chi connectivity index (χ0v) is 15.3. The molecule has 0 aliphatic carbocycles. The molecule has 0 saturated heterocycles. The van der Waals surface area contributed by atoms with Gasteiger partial charge in [0.1, 0.15) is 0 Å². The summed E-state index contributed by atoms with van der Waals surface area (Å²) >= 11 is 6.02. The van der Waals surface area contributed by atoms with Crippen LogP contribution in [-0.4, -0.2) is 21.4 Å². The third-order valence-electron chi connectivity index (χ3n) is 3.48. The lowest BCUT2D eigenvalue weighted by Crippen LogP contribution is -2.21. The van der Waals surface area contributed by atoms with Crippen LogP contribution < -0.4 is 10.0 Å². The van der Waals surface area contributed by atoms with Crippen LogP contribution in [0.4, 0.5) is 0 Å². The quantitative estimate of drug-likeness (QED) is 0.727. The van der Waals surface area contributed by atoms with Crippen LogP contribution in [0.5, 0.6) is 0 Å². The first-order chi connectivity index (χ1) is 11.9. The highest BCUT2D eigenvalue weighted by atomic mass is 35.5. The number of carbonyl (C=O) groups excluding carboxylic acids is 1. The van der Waals surface area contributed by atoms with E-state index in [0.29, 0.717) is 17.1 Å². The summed E-state index contributed by atoms with van der Waals surface area (Å²) in [6.45, 7) is 0.352. The van der Waals surface area contributed by atoms with Gasteiger partial charge in [-0.1, -0.05) is 54.1 Å². The standard InChI is InChI=1S/C18H19ClN2O3S/c1-20-25(23,24)13-15-8-6-14(7-9-15)12-21-18(22)11-10-16-4-2-3-5-17(16)19/h2-11,20H,12-13H2,1H3,(H,21,22)/b11-10+. The fourth-order valence-corrected chi connectivity index (χ4v) is 3.04. The van der Waals surface area contributed by atoms with E-state index in [1.54, 1.807) is 36.4 Å². The second kappa shape index (κ2) is 8.80. The Bertz CT molecular complexity index is 862. The monoisotopic (exact) mass is 378 g/mol. The lowest BCUT2D eigenvalue weighted by molar-refractivity contribution is -0.116. The van der Waals surface area contributed by atoms with Crippen molar-refractivity contribution in [3.8, 4) is 0 Å². The van der Waals surface area contributed by atoms with Crippen molar-refractivity contribution in [2.45, 2.75) is 12.3 Å². The van der Waals surface area contributed by atoms with Gasteiger partial charge in [0.25, 0.3) is 0 Å². The van der Waals surface area contributed by atoms with E-state index in [4.69, 9.17) is 11.6 Å². The Morgan fingerprint density at radius 3 is 2.36 bits per heavy atom. The number of carbonyl (C=O) groups is 1. The van der Waals surface area contributed by atoms with Crippen LogP contribution in [0.25, 0.3) is 6.08 Å². The number of halogens is 1. The van der Waals surface area contributed by atoms with Crippen LogP contribution in [0.1, 0.15) is 16.7 Å². The van der Waals surface area contributed by atoms with Gasteiger partial charge in [-0.3, -0.25) is 4.79 Å². The topological polar surface area (TPSA) is 75.3 Å². The van der Waals surface area contributed by atoms with E-state index >= 15 is 0 Å². The molecule has 0 fully saturated rings. The third kappa shape index (κ3) is 6.34. The highest BCUT2D eigenvalue weighted by Crippen LogP contribution is 2.16. The Kier molecular flexibility index (Phi) is 6.75. The number of rotatable bonds is 7. The van der Waals surface area contributed by atoms with Crippen LogP contribution in [0.15, 0.2) is 54.6 Å². The molecule has 2 rings (SSSR count). The first-order valence-electron chi connectivity index (χ1n) is 7.59. The van der Waals surface area contributed by atoms with Crippen molar-refractivity contribution in [2.24, 2.45) is 0 Å². The van der Waals surface area contributed by atoms with Gasteiger partial charge >= 0.3 is 0 Å². The maximum atomic E-state index is 11.9. The highest BCUT2D eigenvalue weighted by molar-refractivity contribution is 7.88. The molecule has 132 valence electrons. The first-order valence-corrected chi connectivity index (χ1v) is 9.62. The summed E-state index contributed by atoms with van der Waals surface area (Å²) in [6, 6.07) is 14.3. The zero-order valence-electron chi connectivity index (χ0n) is 13.7. The largest absolute Gasteiger partial charge is 0.348 e. The minimum atomic E-state index is -3.29. The van der Waals surface area contributed by atoms with E-state index in [1.807, 2.05) is 18.2 Å². The van der Waals surface area contributed by atoms with E-state index in [9.17, 15) is 13.2 Å². The Labute approximate surface area is 152 Å². The number of nitrogens with one attached hydrogen (secondary N) is 2. The molecule has 0 atom stereocenters. The molecule has 0 aliphatic heterocycles. The van der Waals surface area contributed by atoms with Gasteiger partial charge in [-0.25, -0.2) is 13.1 Å². The molecule has 0 bridgehead atoms. The van der Waals surface area contributed by atoms with Gasteiger partial charge in [0, 0.05) is 17.6 Å². The normalized spacial score (nSPS) is 11.6. The minimum Gasteiger partial charge on any atom is -0.348 e. The number of hydrogen-bond acceptors (Lipinski definition) is 3. The van der Waals surface area contributed by atoms with Crippen LogP contribution in [0.2, 0.25) is 5.02 Å². The van der Waals surface area contributed by atoms with Gasteiger partial charge in [0.05, 0.1) is 5.75 Å². The molecule has 5 nitrogen and oxygen atoms in total. The Morgan fingerprint density at radius 1 is 1.08 bits per heavy atom. The lowest BCUT2D eigenvalue weighted by Gasteiger charge is -2.06.